The van der Waals surface area contributed by atoms with Gasteiger partial charge in [0.25, 0.3) is 0 Å². The molecule has 2 bridgehead atoms. The lowest BCUT2D eigenvalue weighted by atomic mass is 10.1. The summed E-state index contributed by atoms with van der Waals surface area (Å²) >= 11 is 0. The van der Waals surface area contributed by atoms with Crippen molar-refractivity contribution in [3.05, 3.63) is 0 Å². The van der Waals surface area contributed by atoms with Crippen LogP contribution in [-0.2, 0) is 4.74 Å². The molecule has 2 aliphatic heterocycles. The molecule has 1 N–H and O–H groups in total. The van der Waals surface area contributed by atoms with Crippen molar-refractivity contribution in [2.24, 2.45) is 0 Å². The molecule has 1 saturated carbocycles. The molecule has 3 unspecified atom stereocenters. The summed E-state index contributed by atoms with van der Waals surface area (Å²) < 4.78 is 5.90. The fraction of sp³-hybridized carbons (Fsp3) is 1.00. The molecule has 3 atom stereocenters. The van der Waals surface area contributed by atoms with Gasteiger partial charge in [0.05, 0.1) is 12.2 Å². The standard InChI is InChI=1S/C13H24N2O/c1-2-11(7-14-10-3-4-10)15-8-12-5-6-13(9-15)16-12/h10-14H,2-9H2,1H3. The average Bonchev–Trinajstić information content (AvgIpc) is 3.06. The number of hydrogen-bond donors (Lipinski definition) is 1. The van der Waals surface area contributed by atoms with Gasteiger partial charge in [0.15, 0.2) is 0 Å². The van der Waals surface area contributed by atoms with Crippen LogP contribution in [0, 0.1) is 0 Å². The third kappa shape index (κ3) is 2.41. The van der Waals surface area contributed by atoms with Crippen molar-refractivity contribution < 1.29 is 4.74 Å². The minimum Gasteiger partial charge on any atom is -0.372 e. The lowest BCUT2D eigenvalue weighted by molar-refractivity contribution is -0.0529. The molecule has 1 aliphatic carbocycles. The number of nitrogens with one attached hydrogen (secondary N) is 1. The van der Waals surface area contributed by atoms with Crippen molar-refractivity contribution in [1.82, 2.24) is 10.2 Å². The predicted octanol–water partition coefficient (Wildman–Crippen LogP) is 1.38. The summed E-state index contributed by atoms with van der Waals surface area (Å²) in [6.45, 7) is 5.83. The second-order valence-electron chi connectivity index (χ2n) is 5.66. The van der Waals surface area contributed by atoms with Crippen LogP contribution in [-0.4, -0.2) is 48.8 Å². The van der Waals surface area contributed by atoms with Gasteiger partial charge in [0.1, 0.15) is 0 Å². The first-order chi connectivity index (χ1) is 7.85. The van der Waals surface area contributed by atoms with Gasteiger partial charge < -0.3 is 10.1 Å². The Kier molecular flexibility index (Phi) is 3.18. The first-order valence-electron chi connectivity index (χ1n) is 6.98. The maximum atomic E-state index is 5.90. The number of fused-ring (bicyclic) bond motifs is 2. The Morgan fingerprint density at radius 3 is 2.44 bits per heavy atom. The van der Waals surface area contributed by atoms with Crippen molar-refractivity contribution in [2.45, 2.75) is 63.3 Å². The highest BCUT2D eigenvalue weighted by Crippen LogP contribution is 2.28. The van der Waals surface area contributed by atoms with Crippen LogP contribution in [0.15, 0.2) is 0 Å². The molecule has 3 heteroatoms. The molecule has 3 fully saturated rings. The monoisotopic (exact) mass is 224 g/mol. The van der Waals surface area contributed by atoms with E-state index in [9.17, 15) is 0 Å². The van der Waals surface area contributed by atoms with Crippen molar-refractivity contribution in [1.29, 1.82) is 0 Å². The van der Waals surface area contributed by atoms with E-state index in [1.807, 2.05) is 0 Å². The highest BCUT2D eigenvalue weighted by Gasteiger charge is 2.36. The molecule has 2 saturated heterocycles. The molecule has 2 heterocycles. The summed E-state index contributed by atoms with van der Waals surface area (Å²) in [5, 5.41) is 3.67. The van der Waals surface area contributed by atoms with Crippen molar-refractivity contribution >= 4 is 0 Å². The molecule has 0 amide bonds. The van der Waals surface area contributed by atoms with Gasteiger partial charge in [-0.05, 0) is 32.1 Å². The van der Waals surface area contributed by atoms with Gasteiger partial charge in [-0.15, -0.1) is 0 Å². The van der Waals surface area contributed by atoms with Crippen LogP contribution >= 0.6 is 0 Å². The zero-order valence-corrected chi connectivity index (χ0v) is 10.3. The van der Waals surface area contributed by atoms with E-state index in [4.69, 9.17) is 4.74 Å². The molecular formula is C13H24N2O. The Morgan fingerprint density at radius 2 is 1.88 bits per heavy atom. The normalized spacial score (nSPS) is 36.6. The zero-order valence-electron chi connectivity index (χ0n) is 10.3. The molecule has 0 aromatic carbocycles. The first-order valence-corrected chi connectivity index (χ1v) is 6.98. The molecule has 92 valence electrons. The molecule has 3 aliphatic rings. The van der Waals surface area contributed by atoms with Gasteiger partial charge in [-0.1, -0.05) is 6.92 Å². The first kappa shape index (κ1) is 11.0. The van der Waals surface area contributed by atoms with Gasteiger partial charge in [-0.3, -0.25) is 4.90 Å². The molecular weight excluding hydrogens is 200 g/mol. The SMILES string of the molecule is CCC(CNC1CC1)N1CC2CCC(C1)O2. The third-order valence-corrected chi connectivity index (χ3v) is 4.28. The van der Waals surface area contributed by atoms with Crippen LogP contribution in [0.3, 0.4) is 0 Å². The van der Waals surface area contributed by atoms with Gasteiger partial charge in [-0.25, -0.2) is 0 Å². The number of likely N-dealkylation sites (tertiary alicyclic amines) is 1. The molecule has 16 heavy (non-hydrogen) atoms. The molecule has 3 rings (SSSR count). The molecule has 0 aromatic heterocycles. The maximum Gasteiger partial charge on any atom is 0.0707 e. The van der Waals surface area contributed by atoms with Crippen LogP contribution in [0.1, 0.15) is 39.0 Å². The second kappa shape index (κ2) is 4.63. The topological polar surface area (TPSA) is 24.5 Å². The van der Waals surface area contributed by atoms with E-state index in [0.717, 1.165) is 12.1 Å². The highest BCUT2D eigenvalue weighted by molar-refractivity contribution is 4.90. The van der Waals surface area contributed by atoms with E-state index in [-0.39, 0.29) is 0 Å². The number of rotatable bonds is 5. The largest absolute Gasteiger partial charge is 0.372 e. The lowest BCUT2D eigenvalue weighted by Gasteiger charge is -2.37. The maximum absolute atomic E-state index is 5.90. The van der Waals surface area contributed by atoms with Gasteiger partial charge in [0, 0.05) is 31.7 Å². The third-order valence-electron chi connectivity index (χ3n) is 4.28. The number of hydrogen-bond acceptors (Lipinski definition) is 3. The Morgan fingerprint density at radius 1 is 1.19 bits per heavy atom. The van der Waals surface area contributed by atoms with Crippen molar-refractivity contribution in [3.63, 3.8) is 0 Å². The molecule has 0 aromatic rings. The van der Waals surface area contributed by atoms with E-state index in [1.165, 1.54) is 51.7 Å². The summed E-state index contributed by atoms with van der Waals surface area (Å²) in [6, 6.07) is 1.57. The summed E-state index contributed by atoms with van der Waals surface area (Å²) in [4.78, 5) is 2.67. The van der Waals surface area contributed by atoms with Crippen LogP contribution in [0.2, 0.25) is 0 Å². The summed E-state index contributed by atoms with van der Waals surface area (Å²) in [6.07, 6.45) is 7.69. The van der Waals surface area contributed by atoms with Gasteiger partial charge >= 0.3 is 0 Å². The fourth-order valence-electron chi connectivity index (χ4n) is 3.07. The van der Waals surface area contributed by atoms with Gasteiger partial charge in [0.2, 0.25) is 0 Å². The zero-order chi connectivity index (χ0) is 11.0. The Balaban J connectivity index is 1.52. The van der Waals surface area contributed by atoms with E-state index in [1.54, 1.807) is 0 Å². The lowest BCUT2D eigenvalue weighted by Crippen LogP contribution is -2.51. The van der Waals surface area contributed by atoms with Crippen LogP contribution < -0.4 is 5.32 Å². The fourth-order valence-corrected chi connectivity index (χ4v) is 3.07. The van der Waals surface area contributed by atoms with Crippen LogP contribution in [0.5, 0.6) is 0 Å². The predicted molar refractivity (Wildman–Crippen MR) is 64.6 cm³/mol. The second-order valence-corrected chi connectivity index (χ2v) is 5.66. The Hall–Kier alpha value is -0.120. The summed E-state index contributed by atoms with van der Waals surface area (Å²) in [5.41, 5.74) is 0. The Bertz CT molecular complexity index is 230. The minimum absolute atomic E-state index is 0.536. The molecule has 0 radical (unpaired) electrons. The highest BCUT2D eigenvalue weighted by atomic mass is 16.5. The number of nitrogens with zero attached hydrogens (tertiary/aromatic N) is 1. The van der Waals surface area contributed by atoms with Crippen molar-refractivity contribution in [3.8, 4) is 0 Å². The summed E-state index contributed by atoms with van der Waals surface area (Å²) in [7, 11) is 0. The van der Waals surface area contributed by atoms with Crippen molar-refractivity contribution in [2.75, 3.05) is 19.6 Å². The number of ether oxygens (including phenoxy) is 1. The quantitative estimate of drug-likeness (QED) is 0.763. The van der Waals surface area contributed by atoms with E-state index >= 15 is 0 Å². The van der Waals surface area contributed by atoms with Gasteiger partial charge in [-0.2, -0.15) is 0 Å². The number of morpholine rings is 1. The van der Waals surface area contributed by atoms with E-state index < -0.39 is 0 Å². The average molecular weight is 224 g/mol. The Labute approximate surface area is 98.5 Å². The van der Waals surface area contributed by atoms with E-state index in [2.05, 4.69) is 17.1 Å². The molecule has 3 nitrogen and oxygen atoms in total. The van der Waals surface area contributed by atoms with Crippen LogP contribution in [0.25, 0.3) is 0 Å². The molecule has 0 spiro atoms. The summed E-state index contributed by atoms with van der Waals surface area (Å²) in [5.74, 6) is 0. The van der Waals surface area contributed by atoms with Crippen LogP contribution in [0.4, 0.5) is 0 Å². The smallest absolute Gasteiger partial charge is 0.0707 e. The van der Waals surface area contributed by atoms with E-state index in [0.29, 0.717) is 12.2 Å². The minimum atomic E-state index is 0.536.